The van der Waals surface area contributed by atoms with Crippen LogP contribution in [0.4, 0.5) is 0 Å². The molecule has 1 heterocycles. The third-order valence-corrected chi connectivity index (χ3v) is 3.39. The molecule has 3 rings (SSSR count). The first-order chi connectivity index (χ1) is 10.4. The zero-order chi connectivity index (χ0) is 15.7. The quantitative estimate of drug-likeness (QED) is 0.530. The third-order valence-electron chi connectivity index (χ3n) is 3.39. The van der Waals surface area contributed by atoms with Crippen molar-refractivity contribution in [3.8, 4) is 11.4 Å². The standard InChI is InChI=1S/C18H18N2O2/c1-18(2,3)17(21)22-16-8-6-13-11-15(7-5-14(13)12-16)20-10-4-9-19-20/h4-12H,1-3H3. The SMILES string of the molecule is CC(C)(C)C(=O)Oc1ccc2cc(-n3cccn3)ccc2c1. The van der Waals surface area contributed by atoms with Crippen molar-refractivity contribution in [1.29, 1.82) is 0 Å². The van der Waals surface area contributed by atoms with Gasteiger partial charge in [-0.15, -0.1) is 0 Å². The van der Waals surface area contributed by atoms with E-state index < -0.39 is 5.41 Å². The van der Waals surface area contributed by atoms with Crippen LogP contribution in [0.25, 0.3) is 16.5 Å². The first kappa shape index (κ1) is 14.3. The third kappa shape index (κ3) is 2.86. The molecule has 0 fully saturated rings. The van der Waals surface area contributed by atoms with Crippen molar-refractivity contribution in [2.45, 2.75) is 20.8 Å². The molecule has 112 valence electrons. The minimum atomic E-state index is -0.515. The van der Waals surface area contributed by atoms with Gasteiger partial charge in [0.1, 0.15) is 5.75 Å². The average Bonchev–Trinajstić information content (AvgIpc) is 3.00. The molecular formula is C18H18N2O2. The molecule has 0 saturated carbocycles. The topological polar surface area (TPSA) is 44.1 Å². The minimum Gasteiger partial charge on any atom is -0.426 e. The van der Waals surface area contributed by atoms with Gasteiger partial charge in [-0.1, -0.05) is 12.1 Å². The predicted octanol–water partition coefficient (Wildman–Crippen LogP) is 3.98. The van der Waals surface area contributed by atoms with Crippen LogP contribution in [0.5, 0.6) is 5.75 Å². The van der Waals surface area contributed by atoms with Gasteiger partial charge in [0.05, 0.1) is 11.1 Å². The first-order valence-electron chi connectivity index (χ1n) is 7.20. The Bertz CT molecular complexity index is 815. The predicted molar refractivity (Wildman–Crippen MR) is 86.2 cm³/mol. The molecule has 0 N–H and O–H groups in total. The second-order valence-corrected chi connectivity index (χ2v) is 6.28. The number of carbonyl (C=O) groups is 1. The molecule has 1 aromatic heterocycles. The Morgan fingerprint density at radius 1 is 1.09 bits per heavy atom. The Balaban J connectivity index is 1.91. The van der Waals surface area contributed by atoms with Crippen molar-refractivity contribution in [1.82, 2.24) is 9.78 Å². The summed E-state index contributed by atoms with van der Waals surface area (Å²) in [7, 11) is 0. The van der Waals surface area contributed by atoms with Gasteiger partial charge >= 0.3 is 5.97 Å². The molecule has 0 aliphatic rings. The molecule has 3 aromatic rings. The van der Waals surface area contributed by atoms with Crippen LogP contribution >= 0.6 is 0 Å². The number of ether oxygens (including phenoxy) is 1. The monoisotopic (exact) mass is 294 g/mol. The molecule has 22 heavy (non-hydrogen) atoms. The van der Waals surface area contributed by atoms with Gasteiger partial charge in [0, 0.05) is 12.4 Å². The summed E-state index contributed by atoms with van der Waals surface area (Å²) >= 11 is 0. The molecule has 0 bridgehead atoms. The number of fused-ring (bicyclic) bond motifs is 1. The van der Waals surface area contributed by atoms with Crippen LogP contribution in [-0.2, 0) is 4.79 Å². The van der Waals surface area contributed by atoms with Crippen molar-refractivity contribution < 1.29 is 9.53 Å². The Morgan fingerprint density at radius 3 is 2.50 bits per heavy atom. The minimum absolute atomic E-state index is 0.236. The molecule has 0 aliphatic heterocycles. The molecular weight excluding hydrogens is 276 g/mol. The highest BCUT2D eigenvalue weighted by Gasteiger charge is 2.23. The van der Waals surface area contributed by atoms with Crippen molar-refractivity contribution in [2.75, 3.05) is 0 Å². The molecule has 0 saturated heterocycles. The maximum Gasteiger partial charge on any atom is 0.316 e. The van der Waals surface area contributed by atoms with Gasteiger partial charge in [0.15, 0.2) is 0 Å². The van der Waals surface area contributed by atoms with E-state index in [1.165, 1.54) is 0 Å². The molecule has 0 unspecified atom stereocenters. The van der Waals surface area contributed by atoms with Gasteiger partial charge in [-0.05, 0) is 61.9 Å². The molecule has 0 amide bonds. The van der Waals surface area contributed by atoms with Crippen molar-refractivity contribution >= 4 is 16.7 Å². The smallest absolute Gasteiger partial charge is 0.316 e. The number of esters is 1. The Hall–Kier alpha value is -2.62. The highest BCUT2D eigenvalue weighted by atomic mass is 16.5. The summed E-state index contributed by atoms with van der Waals surface area (Å²) in [5, 5.41) is 6.32. The van der Waals surface area contributed by atoms with Crippen LogP contribution in [0.1, 0.15) is 20.8 Å². The fraction of sp³-hybridized carbons (Fsp3) is 0.222. The van der Waals surface area contributed by atoms with Gasteiger partial charge in [0.2, 0.25) is 0 Å². The van der Waals surface area contributed by atoms with E-state index in [4.69, 9.17) is 4.74 Å². The molecule has 4 heteroatoms. The molecule has 0 aliphatic carbocycles. The second kappa shape index (κ2) is 5.30. The maximum atomic E-state index is 11.9. The Kier molecular flexibility index (Phi) is 3.45. The normalized spacial score (nSPS) is 11.6. The summed E-state index contributed by atoms with van der Waals surface area (Å²) in [6.45, 7) is 5.52. The molecule has 0 spiro atoms. The molecule has 4 nitrogen and oxygen atoms in total. The fourth-order valence-electron chi connectivity index (χ4n) is 2.10. The lowest BCUT2D eigenvalue weighted by Gasteiger charge is -2.16. The van der Waals surface area contributed by atoms with Gasteiger partial charge < -0.3 is 4.74 Å². The number of hydrogen-bond donors (Lipinski definition) is 0. The number of benzene rings is 2. The maximum absolute atomic E-state index is 11.9. The molecule has 0 radical (unpaired) electrons. The lowest BCUT2D eigenvalue weighted by molar-refractivity contribution is -0.142. The zero-order valence-corrected chi connectivity index (χ0v) is 12.9. The zero-order valence-electron chi connectivity index (χ0n) is 12.9. The lowest BCUT2D eigenvalue weighted by Crippen LogP contribution is -2.25. The number of nitrogens with zero attached hydrogens (tertiary/aromatic N) is 2. The number of hydrogen-bond acceptors (Lipinski definition) is 3. The highest BCUT2D eigenvalue weighted by Crippen LogP contribution is 2.25. The van der Waals surface area contributed by atoms with Crippen molar-refractivity contribution in [3.63, 3.8) is 0 Å². The summed E-state index contributed by atoms with van der Waals surface area (Å²) in [6, 6.07) is 13.6. The number of rotatable bonds is 2. The van der Waals surface area contributed by atoms with Gasteiger partial charge in [0.25, 0.3) is 0 Å². The van der Waals surface area contributed by atoms with Gasteiger partial charge in [-0.2, -0.15) is 5.10 Å². The Labute approximate surface area is 129 Å². The second-order valence-electron chi connectivity index (χ2n) is 6.28. The first-order valence-corrected chi connectivity index (χ1v) is 7.20. The summed E-state index contributed by atoms with van der Waals surface area (Å²) in [5.74, 6) is 0.333. The van der Waals surface area contributed by atoms with Gasteiger partial charge in [-0.25, -0.2) is 4.68 Å². The summed E-state index contributed by atoms with van der Waals surface area (Å²) < 4.78 is 7.25. The van der Waals surface area contributed by atoms with E-state index in [-0.39, 0.29) is 5.97 Å². The summed E-state index contributed by atoms with van der Waals surface area (Å²) in [6.07, 6.45) is 3.65. The molecule has 2 aromatic carbocycles. The summed E-state index contributed by atoms with van der Waals surface area (Å²) in [4.78, 5) is 11.9. The van der Waals surface area contributed by atoms with E-state index >= 15 is 0 Å². The van der Waals surface area contributed by atoms with Crippen molar-refractivity contribution in [2.24, 2.45) is 5.41 Å². The van der Waals surface area contributed by atoms with Crippen molar-refractivity contribution in [3.05, 3.63) is 54.9 Å². The van der Waals surface area contributed by atoms with E-state index in [0.29, 0.717) is 5.75 Å². The highest BCUT2D eigenvalue weighted by molar-refractivity contribution is 5.87. The fourth-order valence-corrected chi connectivity index (χ4v) is 2.10. The lowest BCUT2D eigenvalue weighted by atomic mass is 9.97. The van der Waals surface area contributed by atoms with Crippen LogP contribution in [0.3, 0.4) is 0 Å². The van der Waals surface area contributed by atoms with E-state index in [2.05, 4.69) is 11.2 Å². The van der Waals surface area contributed by atoms with Gasteiger partial charge in [-0.3, -0.25) is 4.79 Å². The van der Waals surface area contributed by atoms with E-state index in [1.807, 2.05) is 68.0 Å². The van der Waals surface area contributed by atoms with Crippen LogP contribution in [0, 0.1) is 5.41 Å². The number of aromatic nitrogens is 2. The summed E-state index contributed by atoms with van der Waals surface area (Å²) in [5.41, 5.74) is 0.482. The van der Waals surface area contributed by atoms with Crippen LogP contribution < -0.4 is 4.74 Å². The number of carbonyl (C=O) groups excluding carboxylic acids is 1. The van der Waals surface area contributed by atoms with Crippen LogP contribution in [0.15, 0.2) is 54.9 Å². The van der Waals surface area contributed by atoms with Crippen LogP contribution in [-0.4, -0.2) is 15.7 Å². The van der Waals surface area contributed by atoms with E-state index in [0.717, 1.165) is 16.5 Å². The van der Waals surface area contributed by atoms with Crippen LogP contribution in [0.2, 0.25) is 0 Å². The Morgan fingerprint density at radius 2 is 1.82 bits per heavy atom. The van der Waals surface area contributed by atoms with E-state index in [9.17, 15) is 4.79 Å². The van der Waals surface area contributed by atoms with E-state index in [1.54, 1.807) is 6.20 Å². The average molecular weight is 294 g/mol. The largest absolute Gasteiger partial charge is 0.426 e. The molecule has 0 atom stereocenters.